The highest BCUT2D eigenvalue weighted by atomic mass is 32.2. The lowest BCUT2D eigenvalue weighted by Gasteiger charge is -2.29. The van der Waals surface area contributed by atoms with E-state index in [2.05, 4.69) is 4.72 Å². The monoisotopic (exact) mass is 288 g/mol. The van der Waals surface area contributed by atoms with Gasteiger partial charge in [0.2, 0.25) is 10.0 Å². The van der Waals surface area contributed by atoms with Crippen LogP contribution in [0.2, 0.25) is 0 Å². The average Bonchev–Trinajstić information content (AvgIpc) is 2.62. The Hall–Kier alpha value is -1.34. The molecular formula is C12H20N2O4S. The van der Waals surface area contributed by atoms with Crippen molar-refractivity contribution in [2.75, 3.05) is 0 Å². The molecule has 0 spiro atoms. The Morgan fingerprint density at radius 1 is 1.47 bits per heavy atom. The Kier molecular flexibility index (Phi) is 4.42. The van der Waals surface area contributed by atoms with Crippen molar-refractivity contribution in [2.45, 2.75) is 38.1 Å². The maximum absolute atomic E-state index is 12.2. The van der Waals surface area contributed by atoms with Crippen molar-refractivity contribution >= 4 is 16.0 Å². The molecule has 6 nitrogen and oxygen atoms in total. The molecule has 1 heterocycles. The molecule has 1 rings (SSSR count). The summed E-state index contributed by atoms with van der Waals surface area (Å²) >= 11 is 0. The first-order valence-electron chi connectivity index (χ1n) is 5.88. The third-order valence-corrected chi connectivity index (χ3v) is 4.29. The summed E-state index contributed by atoms with van der Waals surface area (Å²) in [6.45, 7) is 5.40. The van der Waals surface area contributed by atoms with Crippen LogP contribution in [0.3, 0.4) is 0 Å². The molecule has 0 radical (unpaired) electrons. The van der Waals surface area contributed by atoms with Gasteiger partial charge in [0.05, 0.1) is 11.3 Å². The standard InChI is InChI=1S/C12H20N2O4S/c1-12(2,3)10(7-11(15)16)13-19(17,18)9-5-6-14(4)8-9/h5-6,8,10,13H,7H2,1-4H3,(H,15,16). The summed E-state index contributed by atoms with van der Waals surface area (Å²) in [5.74, 6) is -1.03. The van der Waals surface area contributed by atoms with E-state index in [0.717, 1.165) is 0 Å². The molecule has 0 fully saturated rings. The van der Waals surface area contributed by atoms with Crippen LogP contribution >= 0.6 is 0 Å². The van der Waals surface area contributed by atoms with Crippen molar-refractivity contribution in [1.82, 2.24) is 9.29 Å². The summed E-state index contributed by atoms with van der Waals surface area (Å²) in [5.41, 5.74) is -0.486. The summed E-state index contributed by atoms with van der Waals surface area (Å²) in [6, 6.07) is 0.804. The van der Waals surface area contributed by atoms with Crippen molar-refractivity contribution in [2.24, 2.45) is 12.5 Å². The van der Waals surface area contributed by atoms with Crippen molar-refractivity contribution in [3.8, 4) is 0 Å². The zero-order valence-electron chi connectivity index (χ0n) is 11.5. The average molecular weight is 288 g/mol. The minimum atomic E-state index is -3.70. The molecule has 0 aromatic carbocycles. The van der Waals surface area contributed by atoms with E-state index in [0.29, 0.717) is 0 Å². The van der Waals surface area contributed by atoms with Crippen LogP contribution in [0.5, 0.6) is 0 Å². The number of aromatic nitrogens is 1. The van der Waals surface area contributed by atoms with Crippen molar-refractivity contribution in [3.63, 3.8) is 0 Å². The van der Waals surface area contributed by atoms with E-state index in [1.165, 1.54) is 12.3 Å². The second-order valence-corrected chi connectivity index (χ2v) is 7.36. The van der Waals surface area contributed by atoms with Gasteiger partial charge >= 0.3 is 5.97 Å². The van der Waals surface area contributed by atoms with Crippen molar-refractivity contribution < 1.29 is 18.3 Å². The Morgan fingerprint density at radius 3 is 2.42 bits per heavy atom. The molecule has 0 saturated heterocycles. The van der Waals surface area contributed by atoms with E-state index < -0.39 is 27.4 Å². The first-order valence-corrected chi connectivity index (χ1v) is 7.37. The predicted octanol–water partition coefficient (Wildman–Crippen LogP) is 1.19. The maximum atomic E-state index is 12.2. The summed E-state index contributed by atoms with van der Waals surface area (Å²) in [4.78, 5) is 11.0. The molecule has 19 heavy (non-hydrogen) atoms. The normalized spacial score (nSPS) is 14.3. The topological polar surface area (TPSA) is 88.4 Å². The third-order valence-electron chi connectivity index (χ3n) is 2.84. The molecule has 1 unspecified atom stereocenters. The second kappa shape index (κ2) is 5.34. The third kappa shape index (κ3) is 4.36. The summed E-state index contributed by atoms with van der Waals surface area (Å²) in [5, 5.41) is 8.88. The fourth-order valence-corrected chi connectivity index (χ4v) is 3.08. The zero-order valence-corrected chi connectivity index (χ0v) is 12.4. The second-order valence-electron chi connectivity index (χ2n) is 5.65. The number of rotatable bonds is 5. The summed E-state index contributed by atoms with van der Waals surface area (Å²) < 4.78 is 28.4. The highest BCUT2D eigenvalue weighted by Gasteiger charge is 2.31. The number of hydrogen-bond acceptors (Lipinski definition) is 3. The number of aryl methyl sites for hydroxylation is 1. The number of carbonyl (C=O) groups is 1. The SMILES string of the molecule is Cn1ccc(S(=O)(=O)NC(CC(=O)O)C(C)(C)C)c1. The minimum absolute atomic E-state index is 0.134. The Bertz CT molecular complexity index is 555. The van der Waals surface area contributed by atoms with Gasteiger partial charge in [-0.15, -0.1) is 0 Å². The van der Waals surface area contributed by atoms with E-state index in [9.17, 15) is 13.2 Å². The highest BCUT2D eigenvalue weighted by molar-refractivity contribution is 7.89. The number of aliphatic carboxylic acids is 1. The van der Waals surface area contributed by atoms with Crippen LogP contribution in [-0.4, -0.2) is 30.1 Å². The van der Waals surface area contributed by atoms with Gasteiger partial charge in [-0.2, -0.15) is 0 Å². The molecule has 2 N–H and O–H groups in total. The Labute approximate surface area is 113 Å². The molecule has 1 aromatic rings. The van der Waals surface area contributed by atoms with Crippen LogP contribution < -0.4 is 4.72 Å². The van der Waals surface area contributed by atoms with E-state index in [-0.39, 0.29) is 11.3 Å². The molecule has 0 bridgehead atoms. The number of carboxylic acid groups (broad SMARTS) is 1. The van der Waals surface area contributed by atoms with Gasteiger partial charge in [0.1, 0.15) is 0 Å². The van der Waals surface area contributed by atoms with Gasteiger partial charge in [0.15, 0.2) is 0 Å². The number of nitrogens with zero attached hydrogens (tertiary/aromatic N) is 1. The van der Waals surface area contributed by atoms with E-state index >= 15 is 0 Å². The maximum Gasteiger partial charge on any atom is 0.304 e. The number of nitrogens with one attached hydrogen (secondary N) is 1. The van der Waals surface area contributed by atoms with Gasteiger partial charge in [-0.1, -0.05) is 20.8 Å². The first-order chi connectivity index (χ1) is 8.52. The predicted molar refractivity (Wildman–Crippen MR) is 71.2 cm³/mol. The van der Waals surface area contributed by atoms with Crippen LogP contribution in [0.1, 0.15) is 27.2 Å². The molecule has 1 atom stereocenters. The molecule has 0 aliphatic heterocycles. The number of sulfonamides is 1. The van der Waals surface area contributed by atoms with Crippen LogP contribution in [0.4, 0.5) is 0 Å². The lowest BCUT2D eigenvalue weighted by Crippen LogP contribution is -2.44. The fourth-order valence-electron chi connectivity index (χ4n) is 1.59. The van der Waals surface area contributed by atoms with Crippen LogP contribution in [0, 0.1) is 5.41 Å². The molecule has 7 heteroatoms. The van der Waals surface area contributed by atoms with Gasteiger partial charge in [-0.3, -0.25) is 4.79 Å². The van der Waals surface area contributed by atoms with Gasteiger partial charge in [-0.05, 0) is 11.5 Å². The van der Waals surface area contributed by atoms with Gasteiger partial charge in [-0.25, -0.2) is 13.1 Å². The number of hydrogen-bond donors (Lipinski definition) is 2. The molecular weight excluding hydrogens is 268 g/mol. The molecule has 1 aromatic heterocycles. The summed E-state index contributed by atoms with van der Waals surface area (Å²) in [7, 11) is -1.98. The lowest BCUT2D eigenvalue weighted by molar-refractivity contribution is -0.138. The Morgan fingerprint density at radius 2 is 2.05 bits per heavy atom. The van der Waals surface area contributed by atoms with Gasteiger partial charge < -0.3 is 9.67 Å². The van der Waals surface area contributed by atoms with Crippen molar-refractivity contribution in [3.05, 3.63) is 18.5 Å². The van der Waals surface area contributed by atoms with Crippen LogP contribution in [-0.2, 0) is 21.9 Å². The first kappa shape index (κ1) is 15.7. The van der Waals surface area contributed by atoms with Gasteiger partial charge in [0, 0.05) is 25.5 Å². The fraction of sp³-hybridized carbons (Fsp3) is 0.583. The zero-order chi connectivity index (χ0) is 14.8. The van der Waals surface area contributed by atoms with Gasteiger partial charge in [0.25, 0.3) is 0 Å². The molecule has 0 amide bonds. The molecule has 0 aliphatic rings. The minimum Gasteiger partial charge on any atom is -0.481 e. The molecule has 0 aliphatic carbocycles. The smallest absolute Gasteiger partial charge is 0.304 e. The van der Waals surface area contributed by atoms with E-state index in [1.807, 2.05) is 0 Å². The van der Waals surface area contributed by atoms with Crippen LogP contribution in [0.25, 0.3) is 0 Å². The molecule has 108 valence electrons. The summed E-state index contributed by atoms with van der Waals surface area (Å²) in [6.07, 6.45) is 2.84. The molecule has 0 saturated carbocycles. The lowest BCUT2D eigenvalue weighted by atomic mass is 9.85. The quantitative estimate of drug-likeness (QED) is 0.852. The largest absolute Gasteiger partial charge is 0.481 e. The van der Waals surface area contributed by atoms with Crippen molar-refractivity contribution in [1.29, 1.82) is 0 Å². The van der Waals surface area contributed by atoms with E-state index in [1.54, 1.807) is 38.6 Å². The van der Waals surface area contributed by atoms with Crippen LogP contribution in [0.15, 0.2) is 23.4 Å². The number of carboxylic acids is 1. The highest BCUT2D eigenvalue weighted by Crippen LogP contribution is 2.24. The Balaban J connectivity index is 2.99. The van der Waals surface area contributed by atoms with E-state index in [4.69, 9.17) is 5.11 Å².